The first kappa shape index (κ1) is 15.1. The van der Waals surface area contributed by atoms with Crippen molar-refractivity contribution in [2.24, 2.45) is 0 Å². The average Bonchev–Trinajstić information content (AvgIpc) is 2.79. The molecule has 5 nitrogen and oxygen atoms in total. The zero-order valence-electron chi connectivity index (χ0n) is 11.7. The molecule has 0 bridgehead atoms. The second-order valence-corrected chi connectivity index (χ2v) is 4.79. The fourth-order valence-electron chi connectivity index (χ4n) is 1.86. The molecule has 2 rings (SSSR count). The van der Waals surface area contributed by atoms with Gasteiger partial charge in [0.2, 0.25) is 5.91 Å². The molecule has 0 aliphatic carbocycles. The van der Waals surface area contributed by atoms with E-state index in [0.29, 0.717) is 23.7 Å². The van der Waals surface area contributed by atoms with Crippen LogP contribution in [0, 0.1) is 18.6 Å². The molecule has 1 N–H and O–H groups in total. The minimum absolute atomic E-state index is 0.0882. The smallest absolute Gasteiger partial charge is 0.239 e. The summed E-state index contributed by atoms with van der Waals surface area (Å²) in [7, 11) is 1.70. The molecular formula is C14H15F2N3O2. The molecule has 2 aromatic rings. The summed E-state index contributed by atoms with van der Waals surface area (Å²) >= 11 is 0. The largest absolute Gasteiger partial charge is 0.360 e. The van der Waals surface area contributed by atoms with Crippen molar-refractivity contribution >= 4 is 11.7 Å². The van der Waals surface area contributed by atoms with Gasteiger partial charge in [-0.1, -0.05) is 11.2 Å². The van der Waals surface area contributed by atoms with Crippen LogP contribution in [0.1, 0.15) is 11.3 Å². The maximum Gasteiger partial charge on any atom is 0.239 e. The second kappa shape index (κ2) is 6.45. The summed E-state index contributed by atoms with van der Waals surface area (Å²) in [5, 5.41) is 6.23. The summed E-state index contributed by atoms with van der Waals surface area (Å²) < 4.78 is 30.7. The maximum atomic E-state index is 13.1. The molecule has 0 spiro atoms. The Morgan fingerprint density at radius 2 is 2.10 bits per heavy atom. The molecule has 0 aliphatic heterocycles. The third-order valence-electron chi connectivity index (χ3n) is 2.75. The summed E-state index contributed by atoms with van der Waals surface area (Å²) in [5.41, 5.74) is 0.585. The Labute approximate surface area is 120 Å². The predicted molar refractivity (Wildman–Crippen MR) is 72.6 cm³/mol. The van der Waals surface area contributed by atoms with E-state index in [1.165, 1.54) is 6.07 Å². The number of aromatic nitrogens is 1. The van der Waals surface area contributed by atoms with Crippen LogP contribution in [0.3, 0.4) is 0 Å². The maximum absolute atomic E-state index is 13.1. The highest BCUT2D eigenvalue weighted by molar-refractivity contribution is 5.91. The molecule has 1 aromatic heterocycles. The van der Waals surface area contributed by atoms with E-state index in [-0.39, 0.29) is 12.5 Å². The van der Waals surface area contributed by atoms with Gasteiger partial charge in [0.05, 0.1) is 6.54 Å². The molecular weight excluding hydrogens is 280 g/mol. The number of benzene rings is 1. The lowest BCUT2D eigenvalue weighted by atomic mass is 10.2. The van der Waals surface area contributed by atoms with E-state index in [0.717, 1.165) is 12.1 Å². The Bertz CT molecular complexity index is 643. The highest BCUT2D eigenvalue weighted by Crippen LogP contribution is 2.11. The van der Waals surface area contributed by atoms with Crippen molar-refractivity contribution in [1.29, 1.82) is 0 Å². The van der Waals surface area contributed by atoms with Gasteiger partial charge in [0.15, 0.2) is 17.5 Å². The number of anilines is 1. The van der Waals surface area contributed by atoms with Gasteiger partial charge in [-0.3, -0.25) is 9.69 Å². The van der Waals surface area contributed by atoms with Gasteiger partial charge < -0.3 is 9.84 Å². The van der Waals surface area contributed by atoms with Crippen molar-refractivity contribution in [3.8, 4) is 0 Å². The number of amides is 1. The van der Waals surface area contributed by atoms with E-state index in [1.807, 2.05) is 0 Å². The van der Waals surface area contributed by atoms with Crippen molar-refractivity contribution in [3.05, 3.63) is 47.2 Å². The van der Waals surface area contributed by atoms with E-state index in [1.54, 1.807) is 24.9 Å². The minimum Gasteiger partial charge on any atom is -0.360 e. The molecule has 0 saturated carbocycles. The van der Waals surface area contributed by atoms with Crippen molar-refractivity contribution in [2.45, 2.75) is 13.5 Å². The number of aryl methyl sites for hydroxylation is 1. The molecule has 1 heterocycles. The standard InChI is InChI=1S/C14H15F2N3O2/c1-9-5-13(18-21-9)17-14(20)8-19(2)7-10-3-4-11(15)12(16)6-10/h3-6H,7-8H2,1-2H3,(H,17,18,20). The lowest BCUT2D eigenvalue weighted by molar-refractivity contribution is -0.117. The summed E-state index contributed by atoms with van der Waals surface area (Å²) in [5.74, 6) is -1.11. The second-order valence-electron chi connectivity index (χ2n) is 4.79. The first-order chi connectivity index (χ1) is 9.94. The zero-order valence-corrected chi connectivity index (χ0v) is 11.7. The number of likely N-dealkylation sites (N-methyl/N-ethyl adjacent to an activating group) is 1. The quantitative estimate of drug-likeness (QED) is 0.919. The molecule has 0 radical (unpaired) electrons. The van der Waals surface area contributed by atoms with Gasteiger partial charge >= 0.3 is 0 Å². The van der Waals surface area contributed by atoms with Crippen LogP contribution < -0.4 is 5.32 Å². The van der Waals surface area contributed by atoms with Gasteiger partial charge in [-0.2, -0.15) is 0 Å². The molecule has 112 valence electrons. The molecule has 7 heteroatoms. The normalized spacial score (nSPS) is 10.9. The lowest BCUT2D eigenvalue weighted by Gasteiger charge is -2.15. The molecule has 0 saturated heterocycles. The third kappa shape index (κ3) is 4.35. The molecule has 0 aliphatic rings. The number of hydrogen-bond acceptors (Lipinski definition) is 4. The van der Waals surface area contributed by atoms with Crippen molar-refractivity contribution in [3.63, 3.8) is 0 Å². The SMILES string of the molecule is Cc1cc(NC(=O)CN(C)Cc2ccc(F)c(F)c2)no1. The topological polar surface area (TPSA) is 58.4 Å². The van der Waals surface area contributed by atoms with Crippen LogP contribution >= 0.6 is 0 Å². The first-order valence-electron chi connectivity index (χ1n) is 6.29. The summed E-state index contributed by atoms with van der Waals surface area (Å²) in [4.78, 5) is 13.5. The van der Waals surface area contributed by atoms with Crippen LogP contribution in [-0.2, 0) is 11.3 Å². The van der Waals surface area contributed by atoms with E-state index >= 15 is 0 Å². The van der Waals surface area contributed by atoms with Gasteiger partial charge in [0.1, 0.15) is 5.76 Å². The molecule has 0 fully saturated rings. The van der Waals surface area contributed by atoms with Crippen LogP contribution in [0.5, 0.6) is 0 Å². The Morgan fingerprint density at radius 3 is 2.71 bits per heavy atom. The fraction of sp³-hybridized carbons (Fsp3) is 0.286. The van der Waals surface area contributed by atoms with Crippen molar-refractivity contribution in [2.75, 3.05) is 18.9 Å². The lowest BCUT2D eigenvalue weighted by Crippen LogP contribution is -2.30. The predicted octanol–water partition coefficient (Wildman–Crippen LogP) is 2.33. The van der Waals surface area contributed by atoms with Crippen molar-refractivity contribution in [1.82, 2.24) is 10.1 Å². The van der Waals surface area contributed by atoms with E-state index in [2.05, 4.69) is 10.5 Å². The van der Waals surface area contributed by atoms with Gasteiger partial charge in [0, 0.05) is 12.6 Å². The highest BCUT2D eigenvalue weighted by Gasteiger charge is 2.11. The monoisotopic (exact) mass is 295 g/mol. The van der Waals surface area contributed by atoms with Crippen LogP contribution in [-0.4, -0.2) is 29.6 Å². The average molecular weight is 295 g/mol. The van der Waals surface area contributed by atoms with Crippen LogP contribution in [0.15, 0.2) is 28.8 Å². The van der Waals surface area contributed by atoms with Crippen LogP contribution in [0.4, 0.5) is 14.6 Å². The van der Waals surface area contributed by atoms with Gasteiger partial charge in [-0.25, -0.2) is 8.78 Å². The summed E-state index contributed by atoms with van der Waals surface area (Å²) in [6, 6.07) is 5.27. The Balaban J connectivity index is 1.87. The molecule has 21 heavy (non-hydrogen) atoms. The number of hydrogen-bond donors (Lipinski definition) is 1. The molecule has 0 atom stereocenters. The third-order valence-corrected chi connectivity index (χ3v) is 2.75. The summed E-state index contributed by atoms with van der Waals surface area (Å²) in [6.07, 6.45) is 0. The van der Waals surface area contributed by atoms with E-state index in [9.17, 15) is 13.6 Å². The number of nitrogens with zero attached hydrogens (tertiary/aromatic N) is 2. The minimum atomic E-state index is -0.900. The van der Waals surface area contributed by atoms with Gasteiger partial charge in [-0.05, 0) is 31.7 Å². The Morgan fingerprint density at radius 1 is 1.33 bits per heavy atom. The number of halogens is 2. The van der Waals surface area contributed by atoms with Crippen LogP contribution in [0.25, 0.3) is 0 Å². The van der Waals surface area contributed by atoms with Gasteiger partial charge in [0.25, 0.3) is 0 Å². The number of carbonyl (C=O) groups is 1. The van der Waals surface area contributed by atoms with Gasteiger partial charge in [-0.15, -0.1) is 0 Å². The number of carbonyl (C=O) groups excluding carboxylic acids is 1. The Kier molecular flexibility index (Phi) is 4.64. The fourth-order valence-corrected chi connectivity index (χ4v) is 1.86. The van der Waals surface area contributed by atoms with Crippen molar-refractivity contribution < 1.29 is 18.1 Å². The molecule has 1 aromatic carbocycles. The highest BCUT2D eigenvalue weighted by atomic mass is 19.2. The molecule has 0 unspecified atom stereocenters. The number of rotatable bonds is 5. The zero-order chi connectivity index (χ0) is 15.4. The molecule has 1 amide bonds. The Hall–Kier alpha value is -2.28. The summed E-state index contributed by atoms with van der Waals surface area (Å²) in [6.45, 7) is 2.13. The number of nitrogens with one attached hydrogen (secondary N) is 1. The first-order valence-corrected chi connectivity index (χ1v) is 6.29. The van der Waals surface area contributed by atoms with E-state index < -0.39 is 11.6 Å². The van der Waals surface area contributed by atoms with Crippen LogP contribution in [0.2, 0.25) is 0 Å². The van der Waals surface area contributed by atoms with E-state index in [4.69, 9.17) is 4.52 Å².